The van der Waals surface area contributed by atoms with E-state index in [0.29, 0.717) is 21.6 Å². The van der Waals surface area contributed by atoms with Crippen LogP contribution in [-0.2, 0) is 5.72 Å². The fourth-order valence-electron chi connectivity index (χ4n) is 3.92. The topological polar surface area (TPSA) is 26.5 Å². The molecule has 136 valence electrons. The van der Waals surface area contributed by atoms with Gasteiger partial charge in [0.1, 0.15) is 5.69 Å². The molecular formula is C20H20Cl3N2O+. The second kappa shape index (κ2) is 7.05. The van der Waals surface area contributed by atoms with E-state index in [2.05, 4.69) is 9.48 Å². The Balaban J connectivity index is 1.81. The van der Waals surface area contributed by atoms with Crippen LogP contribution in [0.15, 0.2) is 42.5 Å². The van der Waals surface area contributed by atoms with Crippen molar-refractivity contribution in [2.75, 3.05) is 18.0 Å². The van der Waals surface area contributed by atoms with Gasteiger partial charge in [-0.15, -0.1) is 0 Å². The van der Waals surface area contributed by atoms with Crippen LogP contribution in [0.4, 0.5) is 5.69 Å². The number of hydrogen-bond acceptors (Lipinski definition) is 2. The molecule has 6 heteroatoms. The van der Waals surface area contributed by atoms with E-state index in [0.717, 1.165) is 49.3 Å². The lowest BCUT2D eigenvalue weighted by molar-refractivity contribution is -0.658. The molecule has 0 saturated heterocycles. The predicted molar refractivity (Wildman–Crippen MR) is 108 cm³/mol. The summed E-state index contributed by atoms with van der Waals surface area (Å²) in [6.45, 7) is 1.26. The van der Waals surface area contributed by atoms with Gasteiger partial charge in [0.25, 0.3) is 11.6 Å². The lowest BCUT2D eigenvalue weighted by atomic mass is 10.0. The molecule has 0 bridgehead atoms. The number of halogens is 3. The lowest BCUT2D eigenvalue weighted by Gasteiger charge is -2.24. The van der Waals surface area contributed by atoms with Gasteiger partial charge in [-0.1, -0.05) is 40.9 Å². The molecule has 2 aliphatic rings. The fraction of sp³-hybridized carbons (Fsp3) is 0.350. The van der Waals surface area contributed by atoms with E-state index in [4.69, 9.17) is 34.8 Å². The molecule has 0 saturated carbocycles. The first-order valence-corrected chi connectivity index (χ1v) is 9.97. The highest BCUT2D eigenvalue weighted by Gasteiger charge is 2.52. The van der Waals surface area contributed by atoms with Crippen molar-refractivity contribution in [3.8, 4) is 0 Å². The van der Waals surface area contributed by atoms with Gasteiger partial charge in [-0.05, 0) is 55.7 Å². The summed E-state index contributed by atoms with van der Waals surface area (Å²) in [4.78, 5) is 2.20. The van der Waals surface area contributed by atoms with Crippen molar-refractivity contribution in [1.82, 2.24) is 0 Å². The molecular weight excluding hydrogens is 391 g/mol. The molecule has 2 aromatic carbocycles. The summed E-state index contributed by atoms with van der Waals surface area (Å²) < 4.78 is 2.13. The maximum atomic E-state index is 11.7. The Kier molecular flexibility index (Phi) is 4.91. The van der Waals surface area contributed by atoms with Gasteiger partial charge in [-0.25, -0.2) is 9.48 Å². The average Bonchev–Trinajstić information content (AvgIpc) is 2.78. The highest BCUT2D eigenvalue weighted by atomic mass is 35.5. The number of rotatable bonds is 2. The Morgan fingerprint density at radius 3 is 2.42 bits per heavy atom. The van der Waals surface area contributed by atoms with E-state index < -0.39 is 5.72 Å². The normalized spacial score (nSPS) is 23.2. The molecule has 0 spiro atoms. The molecule has 4 rings (SSSR count). The second-order valence-corrected chi connectivity index (χ2v) is 8.14. The van der Waals surface area contributed by atoms with Crippen molar-refractivity contribution in [3.63, 3.8) is 0 Å². The summed E-state index contributed by atoms with van der Waals surface area (Å²) >= 11 is 18.4. The standard InChI is InChI=1S/C20H20Cl3N2O/c21-15-6-8-16(9-7-15)24-13-20(26,14-5-10-17(22)18(23)12-14)25-11-3-1-2-4-19(24)25/h5-10,12,26H,1-4,11,13H2/q+1. The van der Waals surface area contributed by atoms with Gasteiger partial charge in [0.2, 0.25) is 0 Å². The number of nitrogens with zero attached hydrogens (tertiary/aromatic N) is 2. The Morgan fingerprint density at radius 1 is 0.923 bits per heavy atom. The molecule has 0 aromatic heterocycles. The third kappa shape index (κ3) is 3.11. The van der Waals surface area contributed by atoms with Gasteiger partial charge in [0.15, 0.2) is 6.54 Å². The van der Waals surface area contributed by atoms with Crippen LogP contribution < -0.4 is 4.90 Å². The van der Waals surface area contributed by atoms with Gasteiger partial charge < -0.3 is 5.11 Å². The van der Waals surface area contributed by atoms with Crippen LogP contribution in [0.1, 0.15) is 31.2 Å². The molecule has 0 fully saturated rings. The van der Waals surface area contributed by atoms with Crippen LogP contribution >= 0.6 is 34.8 Å². The molecule has 0 aliphatic carbocycles. The second-order valence-electron chi connectivity index (χ2n) is 6.89. The molecule has 0 amide bonds. The monoisotopic (exact) mass is 409 g/mol. The minimum atomic E-state index is -1.13. The summed E-state index contributed by atoms with van der Waals surface area (Å²) in [7, 11) is 0. The molecule has 2 aliphatic heterocycles. The van der Waals surface area contributed by atoms with E-state index in [1.54, 1.807) is 12.1 Å². The largest absolute Gasteiger partial charge is 0.346 e. The van der Waals surface area contributed by atoms with E-state index in [9.17, 15) is 5.11 Å². The first-order valence-electron chi connectivity index (χ1n) is 8.83. The molecule has 0 radical (unpaired) electrons. The number of amidine groups is 1. The van der Waals surface area contributed by atoms with E-state index >= 15 is 0 Å². The zero-order valence-electron chi connectivity index (χ0n) is 14.3. The van der Waals surface area contributed by atoms with Gasteiger partial charge in [0.05, 0.1) is 16.6 Å². The zero-order chi connectivity index (χ0) is 18.3. The Bertz CT molecular complexity index is 866. The molecule has 1 N–H and O–H groups in total. The van der Waals surface area contributed by atoms with E-state index in [1.807, 2.05) is 30.3 Å². The van der Waals surface area contributed by atoms with Crippen LogP contribution in [0.25, 0.3) is 0 Å². The van der Waals surface area contributed by atoms with E-state index in [1.165, 1.54) is 0 Å². The van der Waals surface area contributed by atoms with E-state index in [-0.39, 0.29) is 0 Å². The van der Waals surface area contributed by atoms with Crippen molar-refractivity contribution in [3.05, 3.63) is 63.1 Å². The summed E-state index contributed by atoms with van der Waals surface area (Å²) in [6.07, 6.45) is 4.27. The highest BCUT2D eigenvalue weighted by molar-refractivity contribution is 6.42. The highest BCUT2D eigenvalue weighted by Crippen LogP contribution is 2.37. The number of β-amino-alcohol motifs (C(OH)–C–C–N with tert-alkyl or cyclic N) is 1. The fourth-order valence-corrected chi connectivity index (χ4v) is 4.35. The predicted octanol–water partition coefficient (Wildman–Crippen LogP) is 5.30. The van der Waals surface area contributed by atoms with Crippen LogP contribution in [0, 0.1) is 0 Å². The molecule has 2 aromatic rings. The van der Waals surface area contributed by atoms with Crippen LogP contribution in [0.3, 0.4) is 0 Å². The Hall–Kier alpha value is -1.26. The van der Waals surface area contributed by atoms with Crippen LogP contribution in [-0.4, -0.2) is 28.6 Å². The van der Waals surface area contributed by atoms with Crippen LogP contribution in [0.2, 0.25) is 15.1 Å². The molecule has 1 unspecified atom stereocenters. The number of aliphatic hydroxyl groups is 1. The van der Waals surface area contributed by atoms with Gasteiger partial charge in [0, 0.05) is 17.0 Å². The van der Waals surface area contributed by atoms with Gasteiger partial charge in [-0.2, -0.15) is 0 Å². The Morgan fingerprint density at radius 2 is 1.69 bits per heavy atom. The minimum Gasteiger partial charge on any atom is -0.346 e. The maximum absolute atomic E-state index is 11.7. The first kappa shape index (κ1) is 18.1. The zero-order valence-corrected chi connectivity index (χ0v) is 16.5. The molecule has 2 heterocycles. The van der Waals surface area contributed by atoms with Crippen molar-refractivity contribution < 1.29 is 9.68 Å². The number of anilines is 1. The summed E-state index contributed by atoms with van der Waals surface area (Å²) in [6, 6.07) is 13.2. The SMILES string of the molecule is OC1(c2ccc(Cl)c(Cl)c2)CN(c2ccc(Cl)cc2)C2=[N+]1CCCCC2. The van der Waals surface area contributed by atoms with Crippen molar-refractivity contribution in [2.24, 2.45) is 0 Å². The Labute approximate surface area is 168 Å². The summed E-state index contributed by atoms with van der Waals surface area (Å²) in [5.41, 5.74) is 0.670. The molecule has 1 atom stereocenters. The van der Waals surface area contributed by atoms with Crippen LogP contribution in [0.5, 0.6) is 0 Å². The third-order valence-corrected chi connectivity index (χ3v) is 6.24. The average molecular weight is 411 g/mol. The van der Waals surface area contributed by atoms with Crippen molar-refractivity contribution in [2.45, 2.75) is 31.4 Å². The minimum absolute atomic E-state index is 0.446. The summed E-state index contributed by atoms with van der Waals surface area (Å²) in [5, 5.41) is 13.4. The number of benzene rings is 2. The number of hydrogen-bond donors (Lipinski definition) is 1. The third-order valence-electron chi connectivity index (χ3n) is 5.25. The molecule has 3 nitrogen and oxygen atoms in total. The maximum Gasteiger partial charge on any atom is 0.271 e. The molecule has 26 heavy (non-hydrogen) atoms. The smallest absolute Gasteiger partial charge is 0.271 e. The van der Waals surface area contributed by atoms with Crippen molar-refractivity contribution in [1.29, 1.82) is 0 Å². The summed E-state index contributed by atoms with van der Waals surface area (Å²) in [5.74, 6) is 1.15. The van der Waals surface area contributed by atoms with Crippen molar-refractivity contribution >= 4 is 46.3 Å². The van der Waals surface area contributed by atoms with Gasteiger partial charge >= 0.3 is 0 Å². The first-order chi connectivity index (χ1) is 12.5. The lowest BCUT2D eigenvalue weighted by Crippen LogP contribution is -2.41. The van der Waals surface area contributed by atoms with Gasteiger partial charge in [-0.3, -0.25) is 0 Å². The quantitative estimate of drug-likeness (QED) is 0.680.